The van der Waals surface area contributed by atoms with Crippen molar-refractivity contribution in [3.63, 3.8) is 0 Å². The molecule has 1 aliphatic heterocycles. The van der Waals surface area contributed by atoms with E-state index >= 15 is 0 Å². The van der Waals surface area contributed by atoms with Crippen molar-refractivity contribution in [2.24, 2.45) is 0 Å². The fourth-order valence-corrected chi connectivity index (χ4v) is 4.43. The lowest BCUT2D eigenvalue weighted by molar-refractivity contribution is -0.143. The van der Waals surface area contributed by atoms with Gasteiger partial charge in [-0.3, -0.25) is 9.78 Å². The van der Waals surface area contributed by atoms with Crippen LogP contribution in [0.15, 0.2) is 71.5 Å². The maximum atomic E-state index is 12.3. The van der Waals surface area contributed by atoms with Crippen LogP contribution in [-0.4, -0.2) is 38.7 Å². The Kier molecular flexibility index (Phi) is 6.15. The SMILES string of the molecule is CCOC(=O)CN1C(=S)N[C@@H](c2ccccn2)[C@@H]1c1cccn1-c1cccc(Br)c1. The van der Waals surface area contributed by atoms with Crippen LogP contribution in [0.1, 0.15) is 30.4 Å². The van der Waals surface area contributed by atoms with E-state index in [-0.39, 0.29) is 24.6 Å². The summed E-state index contributed by atoms with van der Waals surface area (Å²) in [6.45, 7) is 2.19. The monoisotopic (exact) mass is 484 g/mol. The molecule has 3 heterocycles. The van der Waals surface area contributed by atoms with Crippen LogP contribution >= 0.6 is 28.1 Å². The highest BCUT2D eigenvalue weighted by Gasteiger charge is 2.42. The normalized spacial score (nSPS) is 18.3. The first-order valence-corrected chi connectivity index (χ1v) is 10.9. The molecule has 3 aromatic rings. The van der Waals surface area contributed by atoms with Crippen molar-refractivity contribution in [1.29, 1.82) is 0 Å². The number of benzene rings is 1. The highest BCUT2D eigenvalue weighted by molar-refractivity contribution is 9.10. The van der Waals surface area contributed by atoms with E-state index in [0.717, 1.165) is 21.5 Å². The molecule has 30 heavy (non-hydrogen) atoms. The molecule has 0 bridgehead atoms. The van der Waals surface area contributed by atoms with Crippen molar-refractivity contribution in [3.05, 3.63) is 82.9 Å². The third-order valence-electron chi connectivity index (χ3n) is 4.97. The van der Waals surface area contributed by atoms with Gasteiger partial charge < -0.3 is 19.5 Å². The van der Waals surface area contributed by atoms with Crippen molar-refractivity contribution in [2.75, 3.05) is 13.2 Å². The minimum atomic E-state index is -0.311. The van der Waals surface area contributed by atoms with E-state index < -0.39 is 0 Å². The van der Waals surface area contributed by atoms with Crippen molar-refractivity contribution in [2.45, 2.75) is 19.0 Å². The topological polar surface area (TPSA) is 59.4 Å². The molecule has 0 aliphatic carbocycles. The van der Waals surface area contributed by atoms with E-state index in [1.165, 1.54) is 0 Å². The number of hydrogen-bond acceptors (Lipinski definition) is 4. The number of nitrogens with zero attached hydrogens (tertiary/aromatic N) is 3. The molecular formula is C22H21BrN4O2S. The number of carbonyl (C=O) groups is 1. The lowest BCUT2D eigenvalue weighted by Gasteiger charge is -2.28. The Morgan fingerprint density at radius 1 is 1.23 bits per heavy atom. The van der Waals surface area contributed by atoms with Gasteiger partial charge in [0.1, 0.15) is 6.54 Å². The van der Waals surface area contributed by atoms with E-state index in [9.17, 15) is 4.79 Å². The first-order valence-electron chi connectivity index (χ1n) is 9.65. The summed E-state index contributed by atoms with van der Waals surface area (Å²) in [4.78, 5) is 18.7. The smallest absolute Gasteiger partial charge is 0.325 e. The number of thiocarbonyl (C=S) groups is 1. The van der Waals surface area contributed by atoms with Crippen LogP contribution in [0.3, 0.4) is 0 Å². The second-order valence-electron chi connectivity index (χ2n) is 6.84. The largest absolute Gasteiger partial charge is 0.465 e. The van der Waals surface area contributed by atoms with Gasteiger partial charge in [-0.1, -0.05) is 28.1 Å². The van der Waals surface area contributed by atoms with Gasteiger partial charge in [0, 0.05) is 28.2 Å². The molecular weight excluding hydrogens is 464 g/mol. The fourth-order valence-electron chi connectivity index (χ4n) is 3.74. The van der Waals surface area contributed by atoms with Gasteiger partial charge in [-0.25, -0.2) is 0 Å². The number of esters is 1. The molecule has 0 amide bonds. The van der Waals surface area contributed by atoms with Crippen molar-refractivity contribution < 1.29 is 9.53 Å². The quantitative estimate of drug-likeness (QED) is 0.418. The minimum absolute atomic E-state index is 0.0668. The molecule has 4 rings (SSSR count). The Labute approximate surface area is 189 Å². The Balaban J connectivity index is 1.79. The van der Waals surface area contributed by atoms with Crippen LogP contribution in [-0.2, 0) is 9.53 Å². The molecule has 2 atom stereocenters. The average Bonchev–Trinajstić information content (AvgIpc) is 3.34. The molecule has 1 fully saturated rings. The van der Waals surface area contributed by atoms with Crippen LogP contribution < -0.4 is 5.32 Å². The maximum absolute atomic E-state index is 12.3. The number of aromatic nitrogens is 2. The van der Waals surface area contributed by atoms with Crippen molar-refractivity contribution in [3.8, 4) is 5.69 Å². The lowest BCUT2D eigenvalue weighted by Crippen LogP contribution is -2.36. The fraction of sp³-hybridized carbons (Fsp3) is 0.227. The number of halogens is 1. The highest BCUT2D eigenvalue weighted by atomic mass is 79.9. The minimum Gasteiger partial charge on any atom is -0.465 e. The van der Waals surface area contributed by atoms with Crippen molar-refractivity contribution in [1.82, 2.24) is 19.8 Å². The predicted octanol–water partition coefficient (Wildman–Crippen LogP) is 4.17. The molecule has 8 heteroatoms. The summed E-state index contributed by atoms with van der Waals surface area (Å²) in [6, 6.07) is 17.5. The zero-order chi connectivity index (χ0) is 21.1. The zero-order valence-corrected chi connectivity index (χ0v) is 18.8. The van der Waals surface area contributed by atoms with Gasteiger partial charge in [-0.2, -0.15) is 0 Å². The van der Waals surface area contributed by atoms with E-state index in [1.807, 2.05) is 53.6 Å². The summed E-state index contributed by atoms with van der Waals surface area (Å²) in [6.07, 6.45) is 3.77. The summed E-state index contributed by atoms with van der Waals surface area (Å²) in [5.74, 6) is -0.311. The zero-order valence-electron chi connectivity index (χ0n) is 16.4. The van der Waals surface area contributed by atoms with Gasteiger partial charge in [0.15, 0.2) is 5.11 Å². The molecule has 1 aromatic carbocycles. The van der Waals surface area contributed by atoms with Crippen LogP contribution in [0.4, 0.5) is 0 Å². The number of rotatable bonds is 6. The molecule has 1 N–H and O–H groups in total. The summed E-state index contributed by atoms with van der Waals surface area (Å²) >= 11 is 9.16. The summed E-state index contributed by atoms with van der Waals surface area (Å²) in [5.41, 5.74) is 2.87. The first-order chi connectivity index (χ1) is 14.6. The molecule has 1 saturated heterocycles. The third kappa shape index (κ3) is 4.11. The lowest BCUT2D eigenvalue weighted by atomic mass is 10.0. The van der Waals surface area contributed by atoms with Crippen LogP contribution in [0.2, 0.25) is 0 Å². The van der Waals surface area contributed by atoms with E-state index in [4.69, 9.17) is 17.0 Å². The molecule has 1 aliphatic rings. The summed E-state index contributed by atoms with van der Waals surface area (Å²) in [7, 11) is 0. The van der Waals surface area contributed by atoms with Gasteiger partial charge in [0.25, 0.3) is 0 Å². The summed E-state index contributed by atoms with van der Waals surface area (Å²) in [5, 5.41) is 3.87. The molecule has 6 nitrogen and oxygen atoms in total. The number of nitrogens with one attached hydrogen (secondary N) is 1. The van der Waals surface area contributed by atoms with Gasteiger partial charge in [0.2, 0.25) is 0 Å². The highest BCUT2D eigenvalue weighted by Crippen LogP contribution is 2.39. The Hall–Kier alpha value is -2.71. The van der Waals surface area contributed by atoms with E-state index in [1.54, 1.807) is 13.1 Å². The molecule has 0 spiro atoms. The molecule has 0 radical (unpaired) electrons. The second kappa shape index (κ2) is 8.97. The molecule has 154 valence electrons. The second-order valence-corrected chi connectivity index (χ2v) is 8.14. The molecule has 0 saturated carbocycles. The standard InChI is InChI=1S/C22H21BrN4O2S/c1-2-29-19(28)14-27-21(20(25-22(27)30)17-9-3-4-11-24-17)18-10-6-12-26(18)16-8-5-7-15(23)13-16/h3-13,20-21H,2,14H2,1H3,(H,25,30)/t20-,21-/m0/s1. The van der Waals surface area contributed by atoms with Gasteiger partial charge in [-0.05, 0) is 61.6 Å². The average molecular weight is 485 g/mol. The first kappa shape index (κ1) is 20.6. The van der Waals surface area contributed by atoms with E-state index in [0.29, 0.717) is 11.7 Å². The number of pyridine rings is 1. The van der Waals surface area contributed by atoms with Crippen molar-refractivity contribution >= 4 is 39.2 Å². The summed E-state index contributed by atoms with van der Waals surface area (Å²) < 4.78 is 8.29. The van der Waals surface area contributed by atoms with E-state index in [2.05, 4.69) is 42.9 Å². The number of hydrogen-bond donors (Lipinski definition) is 1. The van der Waals surface area contributed by atoms with Gasteiger partial charge in [0.05, 0.1) is 24.4 Å². The molecule has 2 aromatic heterocycles. The molecule has 0 unspecified atom stereocenters. The predicted molar refractivity (Wildman–Crippen MR) is 122 cm³/mol. The Morgan fingerprint density at radius 2 is 2.10 bits per heavy atom. The Morgan fingerprint density at radius 3 is 2.83 bits per heavy atom. The van der Waals surface area contributed by atoms with Crippen LogP contribution in [0.5, 0.6) is 0 Å². The number of ether oxygens (including phenoxy) is 1. The van der Waals surface area contributed by atoms with Gasteiger partial charge >= 0.3 is 5.97 Å². The Bertz CT molecular complexity index is 1060. The maximum Gasteiger partial charge on any atom is 0.325 e. The van der Waals surface area contributed by atoms with Crippen LogP contribution in [0, 0.1) is 0 Å². The van der Waals surface area contributed by atoms with Gasteiger partial charge in [-0.15, -0.1) is 0 Å². The number of carbonyl (C=O) groups excluding carboxylic acids is 1. The van der Waals surface area contributed by atoms with Crippen LogP contribution in [0.25, 0.3) is 5.69 Å². The third-order valence-corrected chi connectivity index (χ3v) is 5.82.